The number of hydrogen-bond acceptors (Lipinski definition) is 4. The summed E-state index contributed by atoms with van der Waals surface area (Å²) in [6, 6.07) is 5.57. The second-order valence-corrected chi connectivity index (χ2v) is 6.50. The Morgan fingerprint density at radius 2 is 2.21 bits per heavy atom. The van der Waals surface area contributed by atoms with Gasteiger partial charge in [-0.05, 0) is 53.8 Å². The maximum absolute atomic E-state index is 12.2. The third-order valence-corrected chi connectivity index (χ3v) is 4.46. The fraction of sp³-hybridized carbons (Fsp3) is 0.412. The molecule has 2 heterocycles. The fourth-order valence-corrected chi connectivity index (χ4v) is 2.89. The number of carbonyl (C=O) groups excluding carboxylic acids is 1. The van der Waals surface area contributed by atoms with E-state index < -0.39 is 0 Å². The van der Waals surface area contributed by atoms with E-state index in [1.165, 1.54) is 4.80 Å². The summed E-state index contributed by atoms with van der Waals surface area (Å²) in [6.45, 7) is 6.11. The Morgan fingerprint density at radius 3 is 2.88 bits per heavy atom. The van der Waals surface area contributed by atoms with Crippen LogP contribution in [0.3, 0.4) is 0 Å². The molecule has 126 valence electrons. The Balaban J connectivity index is 1.73. The van der Waals surface area contributed by atoms with E-state index in [1.807, 2.05) is 29.2 Å². The summed E-state index contributed by atoms with van der Waals surface area (Å²) in [5.74, 6) is 1.32. The van der Waals surface area contributed by atoms with E-state index in [4.69, 9.17) is 11.6 Å². The van der Waals surface area contributed by atoms with Gasteiger partial charge in [-0.1, -0.05) is 24.6 Å². The minimum atomic E-state index is 0.0512. The number of aryl methyl sites for hydroxylation is 1. The number of tetrazole rings is 1. The number of rotatable bonds is 5. The maximum Gasteiger partial charge on any atom is 0.246 e. The summed E-state index contributed by atoms with van der Waals surface area (Å²) in [6.07, 6.45) is 4.58. The van der Waals surface area contributed by atoms with Crippen LogP contribution in [0.4, 0.5) is 0 Å². The van der Waals surface area contributed by atoms with Gasteiger partial charge in [0.05, 0.1) is 6.54 Å². The van der Waals surface area contributed by atoms with Crippen LogP contribution < -0.4 is 0 Å². The molecule has 1 saturated heterocycles. The zero-order chi connectivity index (χ0) is 17.1. The minimum Gasteiger partial charge on any atom is -0.338 e. The SMILES string of the molecule is CCC1CN(C(=O)/C=C/c2ccc(Cl)cc2Cn2nnc(C)n2)C1. The summed E-state index contributed by atoms with van der Waals surface area (Å²) < 4.78 is 0. The lowest BCUT2D eigenvalue weighted by Gasteiger charge is -2.38. The fourth-order valence-electron chi connectivity index (χ4n) is 2.69. The Kier molecular flexibility index (Phi) is 4.94. The molecule has 0 atom stereocenters. The topological polar surface area (TPSA) is 63.9 Å². The van der Waals surface area contributed by atoms with Crippen molar-refractivity contribution in [1.82, 2.24) is 25.1 Å². The summed E-state index contributed by atoms with van der Waals surface area (Å²) >= 11 is 6.10. The normalized spacial score (nSPS) is 15.0. The van der Waals surface area contributed by atoms with Gasteiger partial charge in [0.15, 0.2) is 5.82 Å². The first-order valence-corrected chi connectivity index (χ1v) is 8.42. The van der Waals surface area contributed by atoms with Crippen LogP contribution in [0, 0.1) is 12.8 Å². The van der Waals surface area contributed by atoms with Crippen molar-refractivity contribution in [3.63, 3.8) is 0 Å². The van der Waals surface area contributed by atoms with Crippen LogP contribution >= 0.6 is 11.6 Å². The lowest BCUT2D eigenvalue weighted by atomic mass is 9.97. The molecule has 0 spiro atoms. The molecular formula is C17H20ClN5O. The Morgan fingerprint density at radius 1 is 1.42 bits per heavy atom. The number of carbonyl (C=O) groups is 1. The van der Waals surface area contributed by atoms with Crippen molar-refractivity contribution in [3.8, 4) is 0 Å². The van der Waals surface area contributed by atoms with E-state index in [0.29, 0.717) is 23.3 Å². The summed E-state index contributed by atoms with van der Waals surface area (Å²) in [7, 11) is 0. The molecule has 1 aliphatic heterocycles. The minimum absolute atomic E-state index is 0.0512. The first-order valence-electron chi connectivity index (χ1n) is 8.05. The summed E-state index contributed by atoms with van der Waals surface area (Å²) in [5, 5.41) is 12.7. The van der Waals surface area contributed by atoms with Gasteiger partial charge in [0.1, 0.15) is 0 Å². The Labute approximate surface area is 146 Å². The van der Waals surface area contributed by atoms with Crippen molar-refractivity contribution in [2.75, 3.05) is 13.1 Å². The van der Waals surface area contributed by atoms with E-state index in [0.717, 1.165) is 30.6 Å². The van der Waals surface area contributed by atoms with E-state index in [9.17, 15) is 4.79 Å². The molecule has 6 nitrogen and oxygen atoms in total. The third kappa shape index (κ3) is 3.82. The molecule has 0 radical (unpaired) electrons. The van der Waals surface area contributed by atoms with Gasteiger partial charge in [-0.15, -0.1) is 10.2 Å². The summed E-state index contributed by atoms with van der Waals surface area (Å²) in [5.41, 5.74) is 1.87. The molecule has 1 aliphatic rings. The Bertz CT molecular complexity index is 764. The molecule has 0 saturated carbocycles. The van der Waals surface area contributed by atoms with E-state index in [2.05, 4.69) is 22.3 Å². The van der Waals surface area contributed by atoms with Crippen molar-refractivity contribution in [2.24, 2.45) is 5.92 Å². The van der Waals surface area contributed by atoms with Crippen molar-refractivity contribution in [2.45, 2.75) is 26.8 Å². The molecule has 1 aromatic heterocycles. The van der Waals surface area contributed by atoms with Gasteiger partial charge in [-0.3, -0.25) is 4.79 Å². The number of halogens is 1. The zero-order valence-electron chi connectivity index (χ0n) is 13.8. The van der Waals surface area contributed by atoms with Gasteiger partial charge in [0, 0.05) is 24.2 Å². The molecule has 1 aromatic carbocycles. The standard InChI is InChI=1S/C17H20ClN5O/c1-3-13-9-22(10-13)17(24)7-5-14-4-6-16(18)8-15(14)11-23-20-12(2)19-21-23/h4-8,13H,3,9-11H2,1-2H3/b7-5+. The van der Waals surface area contributed by atoms with E-state index in [-0.39, 0.29) is 5.91 Å². The molecule has 24 heavy (non-hydrogen) atoms. The second-order valence-electron chi connectivity index (χ2n) is 6.06. The van der Waals surface area contributed by atoms with Gasteiger partial charge < -0.3 is 4.90 Å². The molecule has 7 heteroatoms. The predicted molar refractivity (Wildman–Crippen MR) is 92.5 cm³/mol. The molecule has 0 bridgehead atoms. The van der Waals surface area contributed by atoms with E-state index >= 15 is 0 Å². The first kappa shape index (κ1) is 16.6. The molecule has 1 fully saturated rings. The van der Waals surface area contributed by atoms with E-state index in [1.54, 1.807) is 13.0 Å². The average Bonchev–Trinajstić information content (AvgIpc) is 2.90. The second kappa shape index (κ2) is 7.13. The molecule has 0 unspecified atom stereocenters. The van der Waals surface area contributed by atoms with Gasteiger partial charge in [-0.2, -0.15) is 4.80 Å². The van der Waals surface area contributed by atoms with Gasteiger partial charge in [-0.25, -0.2) is 0 Å². The molecule has 1 amide bonds. The van der Waals surface area contributed by atoms with Crippen molar-refractivity contribution in [3.05, 3.63) is 46.2 Å². The Hall–Kier alpha value is -2.21. The van der Waals surface area contributed by atoms with Crippen LogP contribution in [0.15, 0.2) is 24.3 Å². The van der Waals surface area contributed by atoms with Crippen molar-refractivity contribution >= 4 is 23.6 Å². The molecule has 0 aliphatic carbocycles. The lowest BCUT2D eigenvalue weighted by Crippen LogP contribution is -2.48. The monoisotopic (exact) mass is 345 g/mol. The largest absolute Gasteiger partial charge is 0.338 e. The third-order valence-electron chi connectivity index (χ3n) is 4.22. The van der Waals surface area contributed by atoms with Crippen LogP contribution in [0.25, 0.3) is 6.08 Å². The number of nitrogens with zero attached hydrogens (tertiary/aromatic N) is 5. The summed E-state index contributed by atoms with van der Waals surface area (Å²) in [4.78, 5) is 15.6. The molecular weight excluding hydrogens is 326 g/mol. The highest BCUT2D eigenvalue weighted by atomic mass is 35.5. The van der Waals surface area contributed by atoms with Gasteiger partial charge in [0.25, 0.3) is 0 Å². The van der Waals surface area contributed by atoms with Crippen molar-refractivity contribution < 1.29 is 4.79 Å². The molecule has 2 aromatic rings. The van der Waals surface area contributed by atoms with Crippen LogP contribution in [-0.2, 0) is 11.3 Å². The number of likely N-dealkylation sites (tertiary alicyclic amines) is 1. The number of benzene rings is 1. The highest BCUT2D eigenvalue weighted by Gasteiger charge is 2.27. The highest BCUT2D eigenvalue weighted by molar-refractivity contribution is 6.30. The van der Waals surface area contributed by atoms with Gasteiger partial charge >= 0.3 is 0 Å². The number of hydrogen-bond donors (Lipinski definition) is 0. The quantitative estimate of drug-likeness (QED) is 0.781. The lowest BCUT2D eigenvalue weighted by molar-refractivity contribution is -0.132. The first-order chi connectivity index (χ1) is 11.5. The van der Waals surface area contributed by atoms with Crippen LogP contribution in [0.1, 0.15) is 30.3 Å². The number of amides is 1. The molecule has 3 rings (SSSR count). The zero-order valence-corrected chi connectivity index (χ0v) is 14.6. The van der Waals surface area contributed by atoms with Crippen LogP contribution in [0.5, 0.6) is 0 Å². The maximum atomic E-state index is 12.2. The van der Waals surface area contributed by atoms with Crippen LogP contribution in [-0.4, -0.2) is 44.1 Å². The molecule has 0 N–H and O–H groups in total. The average molecular weight is 346 g/mol. The van der Waals surface area contributed by atoms with Gasteiger partial charge in [0.2, 0.25) is 5.91 Å². The van der Waals surface area contributed by atoms with Crippen LogP contribution in [0.2, 0.25) is 5.02 Å². The number of aromatic nitrogens is 4. The smallest absolute Gasteiger partial charge is 0.246 e. The highest BCUT2D eigenvalue weighted by Crippen LogP contribution is 2.21. The van der Waals surface area contributed by atoms with Crippen molar-refractivity contribution in [1.29, 1.82) is 0 Å². The predicted octanol–water partition coefficient (Wildman–Crippen LogP) is 2.56.